The third-order valence-electron chi connectivity index (χ3n) is 5.20. The first-order chi connectivity index (χ1) is 12.2. The second-order valence-electron chi connectivity index (χ2n) is 6.91. The van der Waals surface area contributed by atoms with Crippen LogP contribution in [0.3, 0.4) is 0 Å². The van der Waals surface area contributed by atoms with Gasteiger partial charge in [-0.25, -0.2) is 4.98 Å². The van der Waals surface area contributed by atoms with E-state index in [1.165, 1.54) is 12.8 Å². The van der Waals surface area contributed by atoms with Crippen molar-refractivity contribution in [3.05, 3.63) is 40.2 Å². The predicted octanol–water partition coefficient (Wildman–Crippen LogP) is 3.31. The lowest BCUT2D eigenvalue weighted by Gasteiger charge is -2.36. The maximum Gasteiger partial charge on any atom is 0.148 e. The molecular formula is C18H22IN5O. The minimum Gasteiger partial charge on any atom is -0.368 e. The van der Waals surface area contributed by atoms with Crippen molar-refractivity contribution in [2.24, 2.45) is 5.92 Å². The van der Waals surface area contributed by atoms with E-state index in [0.29, 0.717) is 12.6 Å². The van der Waals surface area contributed by atoms with Gasteiger partial charge in [0.15, 0.2) is 0 Å². The molecule has 0 radical (unpaired) electrons. The van der Waals surface area contributed by atoms with Crippen LogP contribution >= 0.6 is 22.6 Å². The quantitative estimate of drug-likeness (QED) is 0.720. The van der Waals surface area contributed by atoms with Crippen molar-refractivity contribution in [3.63, 3.8) is 0 Å². The molecule has 0 bridgehead atoms. The Morgan fingerprint density at radius 2 is 2.08 bits per heavy atom. The van der Waals surface area contributed by atoms with Gasteiger partial charge in [0, 0.05) is 12.7 Å². The fraction of sp³-hybridized carbons (Fsp3) is 0.500. The third kappa shape index (κ3) is 4.03. The molecule has 6 nitrogen and oxygen atoms in total. The standard InChI is InChI=1S/C18H22IN5O/c19-15-4-5-16(23-22-15)21-11-14-6-8-18(9-7-14)12-24(13-25-18)17-3-1-2-10-20-17/h1-5,10,14H,6-9,11-13H2,(H,21,23). The highest BCUT2D eigenvalue weighted by Crippen LogP contribution is 2.39. The van der Waals surface area contributed by atoms with Crippen LogP contribution in [0.5, 0.6) is 0 Å². The van der Waals surface area contributed by atoms with Crippen molar-refractivity contribution in [3.8, 4) is 0 Å². The molecule has 1 aliphatic carbocycles. The second kappa shape index (κ2) is 7.41. The number of anilines is 2. The molecule has 2 fully saturated rings. The van der Waals surface area contributed by atoms with Crippen LogP contribution in [-0.4, -0.2) is 40.6 Å². The third-order valence-corrected chi connectivity index (χ3v) is 5.77. The first kappa shape index (κ1) is 17.0. The summed E-state index contributed by atoms with van der Waals surface area (Å²) in [5.41, 5.74) is 0.0106. The van der Waals surface area contributed by atoms with Gasteiger partial charge in [0.1, 0.15) is 22.1 Å². The maximum absolute atomic E-state index is 6.22. The van der Waals surface area contributed by atoms with Crippen LogP contribution in [0.4, 0.5) is 11.6 Å². The Morgan fingerprint density at radius 1 is 1.20 bits per heavy atom. The van der Waals surface area contributed by atoms with E-state index in [1.807, 2.05) is 30.5 Å². The Morgan fingerprint density at radius 3 is 2.80 bits per heavy atom. The molecule has 0 amide bonds. The number of ether oxygens (including phenoxy) is 1. The van der Waals surface area contributed by atoms with Gasteiger partial charge in [-0.15, -0.1) is 10.2 Å². The fourth-order valence-electron chi connectivity index (χ4n) is 3.71. The smallest absolute Gasteiger partial charge is 0.148 e. The van der Waals surface area contributed by atoms with E-state index < -0.39 is 0 Å². The minimum atomic E-state index is 0.0106. The van der Waals surface area contributed by atoms with Crippen LogP contribution in [-0.2, 0) is 4.74 Å². The van der Waals surface area contributed by atoms with Crippen molar-refractivity contribution in [1.82, 2.24) is 15.2 Å². The highest BCUT2D eigenvalue weighted by Gasteiger charge is 2.42. The Labute approximate surface area is 161 Å². The number of nitrogens with zero attached hydrogens (tertiary/aromatic N) is 4. The summed E-state index contributed by atoms with van der Waals surface area (Å²) in [5, 5.41) is 11.7. The molecule has 1 N–H and O–H groups in total. The number of hydrogen-bond donors (Lipinski definition) is 1. The second-order valence-corrected chi connectivity index (χ2v) is 8.01. The average molecular weight is 451 g/mol. The van der Waals surface area contributed by atoms with Gasteiger partial charge in [0.25, 0.3) is 0 Å². The minimum absolute atomic E-state index is 0.0106. The summed E-state index contributed by atoms with van der Waals surface area (Å²) >= 11 is 2.17. The van der Waals surface area contributed by atoms with Crippen LogP contribution < -0.4 is 10.2 Å². The van der Waals surface area contributed by atoms with Gasteiger partial charge in [-0.05, 0) is 78.5 Å². The van der Waals surface area contributed by atoms with Crippen molar-refractivity contribution in [1.29, 1.82) is 0 Å². The van der Waals surface area contributed by atoms with Crippen LogP contribution in [0, 0.1) is 9.62 Å². The first-order valence-corrected chi connectivity index (χ1v) is 9.83. The Hall–Kier alpha value is -1.48. The topological polar surface area (TPSA) is 63.2 Å². The van der Waals surface area contributed by atoms with Gasteiger partial charge >= 0.3 is 0 Å². The highest BCUT2D eigenvalue weighted by atomic mass is 127. The Kier molecular flexibility index (Phi) is 5.03. The summed E-state index contributed by atoms with van der Waals surface area (Å²) in [4.78, 5) is 6.70. The molecule has 2 aliphatic rings. The zero-order chi connectivity index (χ0) is 17.1. The van der Waals surface area contributed by atoms with Gasteiger partial charge in [-0.1, -0.05) is 6.07 Å². The van der Waals surface area contributed by atoms with Gasteiger partial charge in [0.05, 0.1) is 12.1 Å². The largest absolute Gasteiger partial charge is 0.368 e. The summed E-state index contributed by atoms with van der Waals surface area (Å²) < 4.78 is 7.13. The van der Waals surface area contributed by atoms with E-state index in [2.05, 4.69) is 54.1 Å². The molecule has 1 saturated carbocycles. The molecule has 7 heteroatoms. The van der Waals surface area contributed by atoms with E-state index in [4.69, 9.17) is 4.74 Å². The Bertz CT molecular complexity index is 688. The molecule has 0 atom stereocenters. The summed E-state index contributed by atoms with van der Waals surface area (Å²) in [6.07, 6.45) is 6.43. The first-order valence-electron chi connectivity index (χ1n) is 8.76. The van der Waals surface area contributed by atoms with E-state index in [9.17, 15) is 0 Å². The molecule has 1 spiro atoms. The number of hydrogen-bond acceptors (Lipinski definition) is 6. The summed E-state index contributed by atoms with van der Waals surface area (Å²) in [5.74, 6) is 2.54. The van der Waals surface area contributed by atoms with Crippen molar-refractivity contribution in [2.45, 2.75) is 31.3 Å². The van der Waals surface area contributed by atoms with Crippen LogP contribution in [0.25, 0.3) is 0 Å². The van der Waals surface area contributed by atoms with Crippen molar-refractivity contribution >= 4 is 34.2 Å². The summed E-state index contributed by atoms with van der Waals surface area (Å²) in [6.45, 7) is 2.56. The molecular weight excluding hydrogens is 429 g/mol. The van der Waals surface area contributed by atoms with Crippen LogP contribution in [0.2, 0.25) is 0 Å². The number of pyridine rings is 1. The van der Waals surface area contributed by atoms with Crippen LogP contribution in [0.15, 0.2) is 36.5 Å². The number of aromatic nitrogens is 3. The molecule has 25 heavy (non-hydrogen) atoms. The van der Waals surface area contributed by atoms with Crippen molar-refractivity contribution < 1.29 is 4.74 Å². The zero-order valence-electron chi connectivity index (χ0n) is 14.1. The summed E-state index contributed by atoms with van der Waals surface area (Å²) in [6, 6.07) is 10.0. The molecule has 2 aromatic heterocycles. The SMILES string of the molecule is Ic1ccc(NCC2CCC3(CC2)CN(c2ccccn2)CO3)nn1. The molecule has 3 heterocycles. The van der Waals surface area contributed by atoms with E-state index in [-0.39, 0.29) is 5.60 Å². The number of nitrogens with one attached hydrogen (secondary N) is 1. The van der Waals surface area contributed by atoms with E-state index in [1.54, 1.807) is 0 Å². The lowest BCUT2D eigenvalue weighted by Crippen LogP contribution is -2.39. The molecule has 0 unspecified atom stereocenters. The molecule has 0 aromatic carbocycles. The van der Waals surface area contributed by atoms with E-state index >= 15 is 0 Å². The average Bonchev–Trinajstić information content (AvgIpc) is 3.07. The molecule has 4 rings (SSSR count). The lowest BCUT2D eigenvalue weighted by atomic mass is 9.78. The fourth-order valence-corrected chi connectivity index (χ4v) is 4.00. The molecule has 2 aromatic rings. The monoisotopic (exact) mass is 451 g/mol. The normalized spacial score (nSPS) is 26.1. The van der Waals surface area contributed by atoms with Crippen LogP contribution in [0.1, 0.15) is 25.7 Å². The maximum atomic E-state index is 6.22. The zero-order valence-corrected chi connectivity index (χ0v) is 16.2. The van der Waals surface area contributed by atoms with E-state index in [0.717, 1.165) is 41.3 Å². The number of halogens is 1. The lowest BCUT2D eigenvalue weighted by molar-refractivity contribution is -0.0258. The number of rotatable bonds is 4. The van der Waals surface area contributed by atoms with Gasteiger partial charge in [0.2, 0.25) is 0 Å². The van der Waals surface area contributed by atoms with Crippen molar-refractivity contribution in [2.75, 3.05) is 30.0 Å². The molecule has 132 valence electrons. The summed E-state index contributed by atoms with van der Waals surface area (Å²) in [7, 11) is 0. The van der Waals surface area contributed by atoms with Gasteiger partial charge < -0.3 is 15.0 Å². The highest BCUT2D eigenvalue weighted by molar-refractivity contribution is 14.1. The Balaban J connectivity index is 1.27. The van der Waals surface area contributed by atoms with Gasteiger partial charge in [-0.3, -0.25) is 0 Å². The predicted molar refractivity (Wildman–Crippen MR) is 105 cm³/mol. The molecule has 1 saturated heterocycles. The van der Waals surface area contributed by atoms with Gasteiger partial charge in [-0.2, -0.15) is 0 Å². The molecule has 1 aliphatic heterocycles.